The molecule has 1 aromatic heterocycles. The smallest absolute Gasteiger partial charge is 0.0809 e. The van der Waals surface area contributed by atoms with E-state index in [0.717, 1.165) is 50.4 Å². The predicted molar refractivity (Wildman–Crippen MR) is 89.4 cm³/mol. The van der Waals surface area contributed by atoms with E-state index in [2.05, 4.69) is 35.4 Å². The molecule has 2 aromatic rings. The Morgan fingerprint density at radius 2 is 2.32 bits per heavy atom. The van der Waals surface area contributed by atoms with Crippen molar-refractivity contribution in [3.63, 3.8) is 0 Å². The van der Waals surface area contributed by atoms with Gasteiger partial charge in [0.25, 0.3) is 0 Å². The topological polar surface area (TPSA) is 43.4 Å². The first-order chi connectivity index (χ1) is 10.8. The Bertz CT molecular complexity index is 609. The maximum atomic E-state index is 5.68. The molecule has 3 rings (SSSR count). The Kier molecular flexibility index (Phi) is 5.24. The van der Waals surface area contributed by atoms with Gasteiger partial charge in [-0.2, -0.15) is 0 Å². The summed E-state index contributed by atoms with van der Waals surface area (Å²) in [7, 11) is 0. The first-order valence-corrected chi connectivity index (χ1v) is 8.11. The maximum Gasteiger partial charge on any atom is 0.0809 e. The van der Waals surface area contributed by atoms with Crippen molar-refractivity contribution in [2.24, 2.45) is 0 Å². The van der Waals surface area contributed by atoms with Crippen LogP contribution >= 0.6 is 0 Å². The number of rotatable bonds is 7. The van der Waals surface area contributed by atoms with Crippen LogP contribution in [-0.2, 0) is 9.47 Å². The van der Waals surface area contributed by atoms with Crippen LogP contribution in [0.25, 0.3) is 10.9 Å². The number of hydrogen-bond donors (Lipinski definition) is 1. The molecule has 22 heavy (non-hydrogen) atoms. The number of nitrogens with zero attached hydrogens (tertiary/aromatic N) is 1. The molecule has 0 bridgehead atoms. The van der Waals surface area contributed by atoms with Crippen molar-refractivity contribution in [3.05, 3.63) is 36.0 Å². The third-order valence-corrected chi connectivity index (χ3v) is 4.01. The summed E-state index contributed by atoms with van der Waals surface area (Å²) in [5.74, 6) is 0. The summed E-state index contributed by atoms with van der Waals surface area (Å²) in [6, 6.07) is 8.38. The van der Waals surface area contributed by atoms with Gasteiger partial charge in [-0.3, -0.25) is 4.98 Å². The summed E-state index contributed by atoms with van der Waals surface area (Å²) in [6.07, 6.45) is 5.47. The van der Waals surface area contributed by atoms with Gasteiger partial charge < -0.3 is 14.8 Å². The van der Waals surface area contributed by atoms with Crippen molar-refractivity contribution in [2.75, 3.05) is 31.7 Å². The Labute approximate surface area is 131 Å². The molecule has 0 saturated carbocycles. The first-order valence-electron chi connectivity index (χ1n) is 8.11. The Balaban J connectivity index is 1.44. The molecular weight excluding hydrogens is 276 g/mol. The Hall–Kier alpha value is -1.65. The highest BCUT2D eigenvalue weighted by Gasteiger charge is 2.14. The zero-order valence-corrected chi connectivity index (χ0v) is 13.2. The van der Waals surface area contributed by atoms with Gasteiger partial charge in [-0.1, -0.05) is 11.6 Å². The first kappa shape index (κ1) is 15.3. The van der Waals surface area contributed by atoms with Crippen LogP contribution in [0.3, 0.4) is 0 Å². The van der Waals surface area contributed by atoms with Crippen molar-refractivity contribution < 1.29 is 9.47 Å². The molecule has 0 radical (unpaired) electrons. The van der Waals surface area contributed by atoms with Gasteiger partial charge in [-0.05, 0) is 44.4 Å². The second-order valence-electron chi connectivity index (χ2n) is 5.87. The summed E-state index contributed by atoms with van der Waals surface area (Å²) >= 11 is 0. The molecule has 118 valence electrons. The fourth-order valence-corrected chi connectivity index (χ4v) is 2.80. The molecule has 1 aliphatic heterocycles. The van der Waals surface area contributed by atoms with E-state index in [0.29, 0.717) is 6.10 Å². The molecule has 0 amide bonds. The van der Waals surface area contributed by atoms with E-state index < -0.39 is 0 Å². The summed E-state index contributed by atoms with van der Waals surface area (Å²) in [6.45, 7) is 5.41. The second kappa shape index (κ2) is 7.56. The standard InChI is InChI=1S/C18H24N2O2/c1-14-5-6-17-16(12-14)18(7-9-20-17)19-8-3-10-21-13-15-4-2-11-22-15/h5-7,9,12,15H,2-4,8,10-11,13H2,1H3,(H,19,20). The van der Waals surface area contributed by atoms with Crippen LogP contribution in [0.15, 0.2) is 30.5 Å². The van der Waals surface area contributed by atoms with Crippen LogP contribution in [0.5, 0.6) is 0 Å². The number of nitrogens with one attached hydrogen (secondary N) is 1. The van der Waals surface area contributed by atoms with E-state index in [1.807, 2.05) is 12.3 Å². The largest absolute Gasteiger partial charge is 0.384 e. The quantitative estimate of drug-likeness (QED) is 0.794. The molecule has 1 unspecified atom stereocenters. The number of benzene rings is 1. The number of anilines is 1. The zero-order chi connectivity index (χ0) is 15.2. The van der Waals surface area contributed by atoms with Gasteiger partial charge in [0.1, 0.15) is 0 Å². The lowest BCUT2D eigenvalue weighted by molar-refractivity contribution is 0.0172. The number of fused-ring (bicyclic) bond motifs is 1. The lowest BCUT2D eigenvalue weighted by Gasteiger charge is -2.12. The van der Waals surface area contributed by atoms with Gasteiger partial charge in [0.05, 0.1) is 18.2 Å². The zero-order valence-electron chi connectivity index (χ0n) is 13.2. The molecule has 0 aliphatic carbocycles. The number of pyridine rings is 1. The van der Waals surface area contributed by atoms with E-state index >= 15 is 0 Å². The SMILES string of the molecule is Cc1ccc2nccc(NCCCOCC3CCCO3)c2c1. The molecular formula is C18H24N2O2. The average molecular weight is 300 g/mol. The van der Waals surface area contributed by atoms with Gasteiger partial charge in [-0.15, -0.1) is 0 Å². The highest BCUT2D eigenvalue weighted by Crippen LogP contribution is 2.22. The third-order valence-electron chi connectivity index (χ3n) is 4.01. The number of hydrogen-bond acceptors (Lipinski definition) is 4. The highest BCUT2D eigenvalue weighted by atomic mass is 16.5. The van der Waals surface area contributed by atoms with E-state index in [-0.39, 0.29) is 0 Å². The monoisotopic (exact) mass is 300 g/mol. The molecule has 4 heteroatoms. The maximum absolute atomic E-state index is 5.68. The van der Waals surface area contributed by atoms with E-state index in [9.17, 15) is 0 Å². The van der Waals surface area contributed by atoms with E-state index in [1.165, 1.54) is 17.4 Å². The number of ether oxygens (including phenoxy) is 2. The molecule has 2 heterocycles. The van der Waals surface area contributed by atoms with Crippen LogP contribution in [-0.4, -0.2) is 37.5 Å². The second-order valence-corrected chi connectivity index (χ2v) is 5.87. The minimum Gasteiger partial charge on any atom is -0.384 e. The average Bonchev–Trinajstić information content (AvgIpc) is 3.04. The van der Waals surface area contributed by atoms with Crippen LogP contribution in [0.4, 0.5) is 5.69 Å². The van der Waals surface area contributed by atoms with Gasteiger partial charge in [0.15, 0.2) is 0 Å². The van der Waals surface area contributed by atoms with Crippen molar-refractivity contribution in [1.29, 1.82) is 0 Å². The Morgan fingerprint density at radius 3 is 3.18 bits per heavy atom. The van der Waals surface area contributed by atoms with Gasteiger partial charge in [0, 0.05) is 37.0 Å². The van der Waals surface area contributed by atoms with Crippen LogP contribution < -0.4 is 5.32 Å². The Morgan fingerprint density at radius 1 is 1.36 bits per heavy atom. The van der Waals surface area contributed by atoms with Crippen molar-refractivity contribution >= 4 is 16.6 Å². The van der Waals surface area contributed by atoms with Gasteiger partial charge >= 0.3 is 0 Å². The fourth-order valence-electron chi connectivity index (χ4n) is 2.80. The number of aryl methyl sites for hydroxylation is 1. The molecule has 1 N–H and O–H groups in total. The molecule has 1 saturated heterocycles. The van der Waals surface area contributed by atoms with Crippen molar-refractivity contribution in [1.82, 2.24) is 4.98 Å². The summed E-state index contributed by atoms with van der Waals surface area (Å²) in [4.78, 5) is 4.41. The number of aromatic nitrogens is 1. The van der Waals surface area contributed by atoms with Crippen LogP contribution in [0.2, 0.25) is 0 Å². The molecule has 1 aromatic carbocycles. The van der Waals surface area contributed by atoms with Gasteiger partial charge in [-0.25, -0.2) is 0 Å². The molecule has 4 nitrogen and oxygen atoms in total. The molecule has 0 spiro atoms. The fraction of sp³-hybridized carbons (Fsp3) is 0.500. The van der Waals surface area contributed by atoms with Crippen molar-refractivity contribution in [3.8, 4) is 0 Å². The van der Waals surface area contributed by atoms with Crippen molar-refractivity contribution in [2.45, 2.75) is 32.3 Å². The van der Waals surface area contributed by atoms with E-state index in [4.69, 9.17) is 9.47 Å². The third kappa shape index (κ3) is 3.96. The normalized spacial score (nSPS) is 18.0. The molecule has 1 atom stereocenters. The lowest BCUT2D eigenvalue weighted by Crippen LogP contribution is -2.15. The lowest BCUT2D eigenvalue weighted by atomic mass is 10.1. The minimum absolute atomic E-state index is 0.320. The summed E-state index contributed by atoms with van der Waals surface area (Å²) in [5.41, 5.74) is 3.43. The van der Waals surface area contributed by atoms with Crippen LogP contribution in [0.1, 0.15) is 24.8 Å². The summed E-state index contributed by atoms with van der Waals surface area (Å²) < 4.78 is 11.2. The molecule has 1 aliphatic rings. The summed E-state index contributed by atoms with van der Waals surface area (Å²) in [5, 5.41) is 4.68. The van der Waals surface area contributed by atoms with Crippen LogP contribution in [0, 0.1) is 6.92 Å². The minimum atomic E-state index is 0.320. The van der Waals surface area contributed by atoms with Gasteiger partial charge in [0.2, 0.25) is 0 Å². The predicted octanol–water partition coefficient (Wildman–Crippen LogP) is 3.54. The molecule has 1 fully saturated rings. The highest BCUT2D eigenvalue weighted by molar-refractivity contribution is 5.91. The van der Waals surface area contributed by atoms with E-state index in [1.54, 1.807) is 0 Å².